The monoisotopic (exact) mass is 280 g/mol. The molecule has 0 heteroatoms. The van der Waals surface area contributed by atoms with Crippen molar-refractivity contribution in [1.29, 1.82) is 0 Å². The van der Waals surface area contributed by atoms with Crippen LogP contribution in [-0.4, -0.2) is 0 Å². The number of hydrogen-bond acceptors (Lipinski definition) is 0. The van der Waals surface area contributed by atoms with E-state index < -0.39 is 0 Å². The van der Waals surface area contributed by atoms with Gasteiger partial charge in [-0.3, -0.25) is 0 Å². The second-order valence-electron chi connectivity index (χ2n) is 5.82. The topological polar surface area (TPSA) is 0 Å². The van der Waals surface area contributed by atoms with Crippen LogP contribution in [0.1, 0.15) is 67.7 Å². The zero-order chi connectivity index (χ0) is 17.0. The first-order valence-electron chi connectivity index (χ1n) is 7.64. The summed E-state index contributed by atoms with van der Waals surface area (Å²) in [7, 11) is 0. The summed E-state index contributed by atoms with van der Waals surface area (Å²) in [4.78, 5) is 0. The van der Waals surface area contributed by atoms with Crippen LogP contribution < -0.4 is 0 Å². The highest BCUT2D eigenvalue weighted by molar-refractivity contribution is 4.82. The smallest absolute Gasteiger partial charge is 0.0206 e. The Morgan fingerprint density at radius 1 is 0.900 bits per heavy atom. The van der Waals surface area contributed by atoms with Crippen molar-refractivity contribution >= 4 is 0 Å². The summed E-state index contributed by atoms with van der Waals surface area (Å²) in [6.07, 6.45) is 11.1. The average molecular weight is 281 g/mol. The lowest BCUT2D eigenvalue weighted by atomic mass is 9.98. The normalized spacial score (nSPS) is 8.60. The highest BCUT2D eigenvalue weighted by Crippen LogP contribution is 2.11. The Morgan fingerprint density at radius 3 is 1.20 bits per heavy atom. The van der Waals surface area contributed by atoms with Crippen LogP contribution in [0.4, 0.5) is 0 Å². The summed E-state index contributed by atoms with van der Waals surface area (Å²) in [6.45, 7) is 29.0. The zero-order valence-corrected chi connectivity index (χ0v) is 15.3. The van der Waals surface area contributed by atoms with Gasteiger partial charge in [-0.25, -0.2) is 0 Å². The molecule has 20 heavy (non-hydrogen) atoms. The van der Waals surface area contributed by atoms with Crippen LogP contribution in [-0.2, 0) is 0 Å². The lowest BCUT2D eigenvalue weighted by Crippen LogP contribution is -1.96. The molecule has 0 unspecified atom stereocenters. The molecule has 0 radical (unpaired) electrons. The van der Waals surface area contributed by atoms with Crippen molar-refractivity contribution in [3.05, 3.63) is 50.6 Å². The van der Waals surface area contributed by atoms with Gasteiger partial charge in [-0.05, 0) is 24.2 Å². The van der Waals surface area contributed by atoms with Crippen molar-refractivity contribution in [3.8, 4) is 0 Å². The SMILES string of the molecule is C=CC(C)(C)C.C=CC(C)C.C=CCC.C=CCCC. The fraction of sp³-hybridized carbons (Fsp3) is 0.600. The second-order valence-corrected chi connectivity index (χ2v) is 5.82. The molecular weight excluding hydrogens is 240 g/mol. The molecule has 0 aliphatic heterocycles. The van der Waals surface area contributed by atoms with Gasteiger partial charge in [-0.2, -0.15) is 0 Å². The molecule has 0 aromatic carbocycles. The van der Waals surface area contributed by atoms with Gasteiger partial charge in [-0.1, -0.05) is 79.2 Å². The molecule has 0 heterocycles. The standard InChI is InChI=1S/C6H12.2C5H10.C4H8/c1-5-6(2,3)4;1-4-5(2)3;1-3-5-4-2;1-3-4-2/h5H,1H2,2-4H3;4-5H,1H2,2-3H3;3H,1,4-5H2,2H3;3H,1,4H2,2H3. The van der Waals surface area contributed by atoms with Gasteiger partial charge in [0.2, 0.25) is 0 Å². The fourth-order valence-electron chi connectivity index (χ4n) is 0.204. The summed E-state index contributed by atoms with van der Waals surface area (Å²) < 4.78 is 0. The summed E-state index contributed by atoms with van der Waals surface area (Å²) in [6, 6.07) is 0. The van der Waals surface area contributed by atoms with Crippen LogP contribution >= 0.6 is 0 Å². The van der Waals surface area contributed by atoms with Crippen LogP contribution in [0, 0.1) is 11.3 Å². The van der Waals surface area contributed by atoms with Gasteiger partial charge in [0.25, 0.3) is 0 Å². The molecular formula is C20H40. The minimum Gasteiger partial charge on any atom is -0.103 e. The molecule has 120 valence electrons. The first-order valence-corrected chi connectivity index (χ1v) is 7.64. The molecule has 0 aliphatic carbocycles. The van der Waals surface area contributed by atoms with Gasteiger partial charge in [0, 0.05) is 0 Å². The van der Waals surface area contributed by atoms with Crippen molar-refractivity contribution in [2.45, 2.75) is 67.7 Å². The number of unbranched alkanes of at least 4 members (excludes halogenated alkanes) is 1. The van der Waals surface area contributed by atoms with Gasteiger partial charge >= 0.3 is 0 Å². The Morgan fingerprint density at radius 2 is 1.20 bits per heavy atom. The summed E-state index contributed by atoms with van der Waals surface area (Å²) in [5.41, 5.74) is 0.306. The van der Waals surface area contributed by atoms with Crippen LogP contribution in [0.25, 0.3) is 0 Å². The van der Waals surface area contributed by atoms with E-state index in [0.717, 1.165) is 12.8 Å². The van der Waals surface area contributed by atoms with Gasteiger partial charge < -0.3 is 0 Å². The molecule has 0 rings (SSSR count). The van der Waals surface area contributed by atoms with E-state index in [1.54, 1.807) is 0 Å². The van der Waals surface area contributed by atoms with Crippen LogP contribution in [0.15, 0.2) is 50.6 Å². The van der Waals surface area contributed by atoms with Crippen LogP contribution in [0.5, 0.6) is 0 Å². The number of allylic oxidation sites excluding steroid dienone is 4. The van der Waals surface area contributed by atoms with Gasteiger partial charge in [-0.15, -0.1) is 26.3 Å². The van der Waals surface area contributed by atoms with E-state index in [0.29, 0.717) is 11.3 Å². The summed E-state index contributed by atoms with van der Waals surface area (Å²) in [5, 5.41) is 0. The van der Waals surface area contributed by atoms with Gasteiger partial charge in [0.15, 0.2) is 0 Å². The molecule has 0 saturated carbocycles. The number of hydrogen-bond donors (Lipinski definition) is 0. The first kappa shape index (κ1) is 27.3. The molecule has 0 aromatic heterocycles. The van der Waals surface area contributed by atoms with Crippen molar-refractivity contribution in [1.82, 2.24) is 0 Å². The lowest BCUT2D eigenvalue weighted by Gasteiger charge is -2.08. The quantitative estimate of drug-likeness (QED) is 0.465. The van der Waals surface area contributed by atoms with E-state index in [9.17, 15) is 0 Å². The largest absolute Gasteiger partial charge is 0.103 e. The molecule has 0 amide bonds. The van der Waals surface area contributed by atoms with E-state index in [1.807, 2.05) is 24.3 Å². The Bertz CT molecular complexity index is 201. The van der Waals surface area contributed by atoms with Crippen LogP contribution in [0.3, 0.4) is 0 Å². The van der Waals surface area contributed by atoms with E-state index in [-0.39, 0.29) is 0 Å². The second kappa shape index (κ2) is 23.1. The predicted molar refractivity (Wildman–Crippen MR) is 100 cm³/mol. The minimum absolute atomic E-state index is 0.306. The molecule has 0 aromatic rings. The highest BCUT2D eigenvalue weighted by Gasteiger charge is 1.99. The Balaban J connectivity index is -0.0000000862. The molecule has 0 bridgehead atoms. The third-order valence-corrected chi connectivity index (χ3v) is 1.87. The average Bonchev–Trinajstić information content (AvgIpc) is 2.40. The van der Waals surface area contributed by atoms with E-state index in [4.69, 9.17) is 0 Å². The van der Waals surface area contributed by atoms with Crippen LogP contribution in [0.2, 0.25) is 0 Å². The van der Waals surface area contributed by atoms with E-state index >= 15 is 0 Å². The van der Waals surface area contributed by atoms with Gasteiger partial charge in [0.05, 0.1) is 0 Å². The molecule has 0 N–H and O–H groups in total. The third kappa shape index (κ3) is 89.2. The first-order chi connectivity index (χ1) is 9.16. The molecule has 0 fully saturated rings. The van der Waals surface area contributed by atoms with Crippen molar-refractivity contribution in [3.63, 3.8) is 0 Å². The fourth-order valence-corrected chi connectivity index (χ4v) is 0.204. The third-order valence-electron chi connectivity index (χ3n) is 1.87. The van der Waals surface area contributed by atoms with Crippen molar-refractivity contribution in [2.24, 2.45) is 11.3 Å². The molecule has 0 saturated heterocycles. The van der Waals surface area contributed by atoms with Crippen molar-refractivity contribution < 1.29 is 0 Å². The molecule has 0 nitrogen and oxygen atoms in total. The van der Waals surface area contributed by atoms with Gasteiger partial charge in [0.1, 0.15) is 0 Å². The van der Waals surface area contributed by atoms with E-state index in [2.05, 4.69) is 74.8 Å². The summed E-state index contributed by atoms with van der Waals surface area (Å²) in [5.74, 6) is 0.648. The van der Waals surface area contributed by atoms with Crippen molar-refractivity contribution in [2.75, 3.05) is 0 Å². The maximum Gasteiger partial charge on any atom is -0.0206 e. The summed E-state index contributed by atoms with van der Waals surface area (Å²) >= 11 is 0. The molecule has 0 aliphatic rings. The minimum atomic E-state index is 0.306. The highest BCUT2D eigenvalue weighted by atomic mass is 14.0. The maximum absolute atomic E-state index is 3.63. The molecule has 0 atom stereocenters. The Labute approximate surface area is 130 Å². The predicted octanol–water partition coefficient (Wildman–Crippen LogP) is 7.60. The zero-order valence-electron chi connectivity index (χ0n) is 15.3. The molecule has 0 spiro atoms. The maximum atomic E-state index is 3.63. The Kier molecular flexibility index (Phi) is 31.5. The lowest BCUT2D eigenvalue weighted by molar-refractivity contribution is 0.546. The number of rotatable bonds is 4. The Hall–Kier alpha value is -1.04. The van der Waals surface area contributed by atoms with E-state index in [1.165, 1.54) is 6.42 Å².